The number of methoxy groups -OCH3 is 1. The molecule has 0 fully saturated rings. The minimum Gasteiger partial charge on any atom is -0.493 e. The zero-order chi connectivity index (χ0) is 17.7. The van der Waals surface area contributed by atoms with Crippen LogP contribution in [0.2, 0.25) is 15.1 Å². The minimum atomic E-state index is -0.716. The number of carbonyl (C=O) groups excluding carboxylic acids is 1. The third-order valence-corrected chi connectivity index (χ3v) is 4.30. The van der Waals surface area contributed by atoms with Gasteiger partial charge >= 0.3 is 0 Å². The summed E-state index contributed by atoms with van der Waals surface area (Å²) in [7, 11) is 1.54. The van der Waals surface area contributed by atoms with Gasteiger partial charge in [-0.3, -0.25) is 4.79 Å². The molecule has 0 saturated carbocycles. The molecular weight excluding hydrogens is 373 g/mol. The first-order valence-electron chi connectivity index (χ1n) is 7.21. The third kappa shape index (κ3) is 4.47. The van der Waals surface area contributed by atoms with Crippen LogP contribution in [0.5, 0.6) is 11.5 Å². The van der Waals surface area contributed by atoms with Crippen LogP contribution in [0.1, 0.15) is 13.3 Å². The quantitative estimate of drug-likeness (QED) is 0.669. The van der Waals surface area contributed by atoms with Gasteiger partial charge in [0, 0.05) is 0 Å². The Labute approximate surface area is 155 Å². The number of hydrogen-bond acceptors (Lipinski definition) is 3. The van der Waals surface area contributed by atoms with E-state index in [9.17, 15) is 4.79 Å². The summed E-state index contributed by atoms with van der Waals surface area (Å²) in [4.78, 5) is 12.5. The number of nitrogens with one attached hydrogen (secondary N) is 1. The van der Waals surface area contributed by atoms with Gasteiger partial charge in [-0.15, -0.1) is 0 Å². The molecule has 0 saturated heterocycles. The lowest BCUT2D eigenvalue weighted by molar-refractivity contribution is -0.122. The highest BCUT2D eigenvalue weighted by Crippen LogP contribution is 2.33. The Balaban J connectivity index is 2.16. The Morgan fingerprint density at radius 2 is 1.71 bits per heavy atom. The van der Waals surface area contributed by atoms with Crippen LogP contribution in [0.25, 0.3) is 0 Å². The Morgan fingerprint density at radius 3 is 2.33 bits per heavy atom. The first kappa shape index (κ1) is 18.7. The molecule has 0 aliphatic carbocycles. The Morgan fingerprint density at radius 1 is 1.08 bits per heavy atom. The van der Waals surface area contributed by atoms with Gasteiger partial charge in [0.05, 0.1) is 27.9 Å². The maximum Gasteiger partial charge on any atom is 0.265 e. The lowest BCUT2D eigenvalue weighted by Gasteiger charge is -2.19. The van der Waals surface area contributed by atoms with Crippen LogP contribution in [0.15, 0.2) is 36.4 Å². The molecule has 0 radical (unpaired) electrons. The van der Waals surface area contributed by atoms with E-state index in [-0.39, 0.29) is 5.91 Å². The summed E-state index contributed by atoms with van der Waals surface area (Å²) >= 11 is 17.9. The van der Waals surface area contributed by atoms with Gasteiger partial charge in [0.15, 0.2) is 17.6 Å². The van der Waals surface area contributed by atoms with E-state index in [1.807, 2.05) is 13.0 Å². The Kier molecular flexibility index (Phi) is 6.60. The predicted octanol–water partition coefficient (Wildman–Crippen LogP) is 5.45. The normalized spacial score (nSPS) is 11.7. The van der Waals surface area contributed by atoms with Gasteiger partial charge in [0.2, 0.25) is 0 Å². The second-order valence-electron chi connectivity index (χ2n) is 4.90. The summed E-state index contributed by atoms with van der Waals surface area (Å²) in [6.07, 6.45) is -0.255. The van der Waals surface area contributed by atoms with Gasteiger partial charge < -0.3 is 14.8 Å². The molecule has 1 N–H and O–H groups in total. The van der Waals surface area contributed by atoms with Gasteiger partial charge in [-0.25, -0.2) is 0 Å². The van der Waals surface area contributed by atoms with Crippen LogP contribution in [0.4, 0.5) is 5.69 Å². The second kappa shape index (κ2) is 8.47. The molecule has 0 heterocycles. The molecule has 0 spiro atoms. The van der Waals surface area contributed by atoms with E-state index in [0.29, 0.717) is 38.7 Å². The summed E-state index contributed by atoms with van der Waals surface area (Å²) in [5.74, 6) is 0.697. The van der Waals surface area contributed by atoms with Crippen LogP contribution >= 0.6 is 34.8 Å². The van der Waals surface area contributed by atoms with Crippen molar-refractivity contribution in [3.05, 3.63) is 51.5 Å². The minimum absolute atomic E-state index is 0.296. The van der Waals surface area contributed by atoms with E-state index in [2.05, 4.69) is 5.32 Å². The van der Waals surface area contributed by atoms with E-state index in [1.165, 1.54) is 12.1 Å². The van der Waals surface area contributed by atoms with Crippen LogP contribution < -0.4 is 14.8 Å². The maximum atomic E-state index is 12.5. The maximum absolute atomic E-state index is 12.5. The van der Waals surface area contributed by atoms with Crippen molar-refractivity contribution >= 4 is 46.4 Å². The number of para-hydroxylation sites is 2. The molecule has 0 aliphatic heterocycles. The highest BCUT2D eigenvalue weighted by molar-refractivity contribution is 6.44. The molecule has 24 heavy (non-hydrogen) atoms. The summed E-state index contributed by atoms with van der Waals surface area (Å²) < 4.78 is 11.0. The molecule has 0 bridgehead atoms. The average molecular weight is 389 g/mol. The number of amides is 1. The van der Waals surface area contributed by atoms with Crippen molar-refractivity contribution in [2.24, 2.45) is 0 Å². The number of carbonyl (C=O) groups is 1. The first-order chi connectivity index (χ1) is 11.5. The summed E-state index contributed by atoms with van der Waals surface area (Å²) in [6.45, 7) is 1.84. The standard InChI is InChI=1S/C17H16Cl3NO3/c1-3-14(24-16-7-5-4-6-15(16)23-2)17(22)21-13-9-11(19)10(18)8-12(13)20/h4-9,14H,3H2,1-2H3,(H,21,22)/t14-/m1/s1. The molecule has 7 heteroatoms. The number of ether oxygens (including phenoxy) is 2. The zero-order valence-corrected chi connectivity index (χ0v) is 15.4. The zero-order valence-electron chi connectivity index (χ0n) is 13.1. The molecule has 0 unspecified atom stereocenters. The van der Waals surface area contributed by atoms with Crippen molar-refractivity contribution in [2.45, 2.75) is 19.4 Å². The third-order valence-electron chi connectivity index (χ3n) is 3.27. The smallest absolute Gasteiger partial charge is 0.265 e. The highest BCUT2D eigenvalue weighted by Gasteiger charge is 2.21. The summed E-state index contributed by atoms with van der Waals surface area (Å²) in [6, 6.07) is 10.1. The fraction of sp³-hybridized carbons (Fsp3) is 0.235. The molecule has 0 aliphatic rings. The van der Waals surface area contributed by atoms with Crippen molar-refractivity contribution in [2.75, 3.05) is 12.4 Å². The largest absolute Gasteiger partial charge is 0.493 e. The SMILES string of the molecule is CC[C@@H](Oc1ccccc1OC)C(=O)Nc1cc(Cl)c(Cl)cc1Cl. The van der Waals surface area contributed by atoms with Crippen molar-refractivity contribution in [1.29, 1.82) is 0 Å². The molecule has 2 aromatic rings. The molecule has 2 rings (SSSR count). The van der Waals surface area contributed by atoms with Gasteiger partial charge in [0.1, 0.15) is 0 Å². The number of halogens is 3. The monoisotopic (exact) mass is 387 g/mol. The van der Waals surface area contributed by atoms with E-state index in [4.69, 9.17) is 44.3 Å². The van der Waals surface area contributed by atoms with E-state index in [0.717, 1.165) is 0 Å². The summed E-state index contributed by atoms with van der Waals surface area (Å²) in [5, 5.41) is 3.62. The second-order valence-corrected chi connectivity index (χ2v) is 6.12. The van der Waals surface area contributed by atoms with E-state index >= 15 is 0 Å². The van der Waals surface area contributed by atoms with Crippen molar-refractivity contribution in [1.82, 2.24) is 0 Å². The molecule has 1 atom stereocenters. The fourth-order valence-corrected chi connectivity index (χ4v) is 2.62. The Hall–Kier alpha value is -1.62. The van der Waals surface area contributed by atoms with Crippen molar-refractivity contribution in [3.63, 3.8) is 0 Å². The number of rotatable bonds is 6. The van der Waals surface area contributed by atoms with Crippen molar-refractivity contribution in [3.8, 4) is 11.5 Å². The van der Waals surface area contributed by atoms with Gasteiger partial charge in [-0.1, -0.05) is 53.9 Å². The molecule has 0 aromatic heterocycles. The number of hydrogen-bond donors (Lipinski definition) is 1. The molecule has 128 valence electrons. The van der Waals surface area contributed by atoms with E-state index in [1.54, 1.807) is 25.3 Å². The van der Waals surface area contributed by atoms with Gasteiger partial charge in [-0.2, -0.15) is 0 Å². The highest BCUT2D eigenvalue weighted by atomic mass is 35.5. The average Bonchev–Trinajstić information content (AvgIpc) is 2.57. The predicted molar refractivity (Wildman–Crippen MR) is 97.8 cm³/mol. The lowest BCUT2D eigenvalue weighted by atomic mass is 10.2. The Bertz CT molecular complexity index is 737. The molecular formula is C17H16Cl3NO3. The molecule has 4 nitrogen and oxygen atoms in total. The molecule has 2 aromatic carbocycles. The number of anilines is 1. The first-order valence-corrected chi connectivity index (χ1v) is 8.34. The van der Waals surface area contributed by atoms with Crippen LogP contribution in [0.3, 0.4) is 0 Å². The van der Waals surface area contributed by atoms with E-state index < -0.39 is 6.10 Å². The fourth-order valence-electron chi connectivity index (χ4n) is 2.02. The van der Waals surface area contributed by atoms with Crippen LogP contribution in [-0.2, 0) is 4.79 Å². The lowest BCUT2D eigenvalue weighted by Crippen LogP contribution is -2.32. The molecule has 1 amide bonds. The van der Waals surface area contributed by atoms with Gasteiger partial charge in [-0.05, 0) is 30.7 Å². The summed E-state index contributed by atoms with van der Waals surface area (Å²) in [5.41, 5.74) is 0.373. The van der Waals surface area contributed by atoms with Crippen LogP contribution in [-0.4, -0.2) is 19.1 Å². The number of benzene rings is 2. The van der Waals surface area contributed by atoms with Crippen molar-refractivity contribution < 1.29 is 14.3 Å². The van der Waals surface area contributed by atoms with Gasteiger partial charge in [0.25, 0.3) is 5.91 Å². The van der Waals surface area contributed by atoms with Crippen LogP contribution in [0, 0.1) is 0 Å². The topological polar surface area (TPSA) is 47.6 Å².